The first-order chi connectivity index (χ1) is 8.63. The maximum atomic E-state index is 9.99. The van der Waals surface area contributed by atoms with E-state index < -0.39 is 0 Å². The molecule has 0 fully saturated rings. The van der Waals surface area contributed by atoms with Gasteiger partial charge < -0.3 is 5.11 Å². The van der Waals surface area contributed by atoms with Crippen molar-refractivity contribution in [3.05, 3.63) is 51.2 Å². The van der Waals surface area contributed by atoms with Gasteiger partial charge in [-0.05, 0) is 31.2 Å². The number of benzene rings is 1. The molecule has 1 aromatic heterocycles. The van der Waals surface area contributed by atoms with Gasteiger partial charge in [0, 0.05) is 21.9 Å². The highest BCUT2D eigenvalue weighted by molar-refractivity contribution is 7.99. The average Bonchev–Trinajstić information content (AvgIpc) is 2.72. The summed E-state index contributed by atoms with van der Waals surface area (Å²) in [5.74, 6) is 0.707. The van der Waals surface area contributed by atoms with Crippen LogP contribution in [0.25, 0.3) is 0 Å². The van der Waals surface area contributed by atoms with Crippen molar-refractivity contribution in [3.63, 3.8) is 0 Å². The largest absolute Gasteiger partial charge is 0.392 e. The van der Waals surface area contributed by atoms with Crippen LogP contribution in [0.1, 0.15) is 10.4 Å². The maximum Gasteiger partial charge on any atom is 0.0931 e. The first kappa shape index (κ1) is 13.9. The second kappa shape index (κ2) is 6.62. The van der Waals surface area contributed by atoms with Crippen LogP contribution in [0.4, 0.5) is 0 Å². The Morgan fingerprint density at radius 2 is 2.17 bits per heavy atom. The number of halogens is 1. The zero-order chi connectivity index (χ0) is 13.0. The summed E-state index contributed by atoms with van der Waals surface area (Å²) in [4.78, 5) is 2.34. The van der Waals surface area contributed by atoms with E-state index in [0.29, 0.717) is 12.2 Å². The van der Waals surface area contributed by atoms with Gasteiger partial charge in [-0.3, -0.25) is 0 Å². The molecule has 0 amide bonds. The molecule has 1 N–H and O–H groups in total. The summed E-state index contributed by atoms with van der Waals surface area (Å²) in [6.07, 6.45) is 0.348. The Balaban J connectivity index is 1.83. The third-order valence-corrected chi connectivity index (χ3v) is 4.89. The number of aliphatic hydroxyl groups is 1. The van der Waals surface area contributed by atoms with Crippen molar-refractivity contribution >= 4 is 34.7 Å². The van der Waals surface area contributed by atoms with E-state index in [1.165, 1.54) is 21.8 Å². The van der Waals surface area contributed by atoms with Crippen LogP contribution in [-0.4, -0.2) is 17.0 Å². The quantitative estimate of drug-likeness (QED) is 0.825. The zero-order valence-electron chi connectivity index (χ0n) is 10.1. The lowest BCUT2D eigenvalue weighted by Gasteiger charge is -2.09. The molecule has 0 bridgehead atoms. The van der Waals surface area contributed by atoms with Crippen LogP contribution in [0.15, 0.2) is 41.3 Å². The molecule has 1 unspecified atom stereocenters. The van der Waals surface area contributed by atoms with E-state index in [4.69, 9.17) is 11.6 Å². The molecule has 0 aliphatic rings. The lowest BCUT2D eigenvalue weighted by atomic mass is 10.2. The molecule has 0 radical (unpaired) electrons. The highest BCUT2D eigenvalue weighted by Gasteiger charge is 2.08. The van der Waals surface area contributed by atoms with Crippen molar-refractivity contribution in [1.82, 2.24) is 0 Å². The maximum absolute atomic E-state index is 9.99. The fourth-order valence-corrected chi connectivity index (χ4v) is 3.76. The van der Waals surface area contributed by atoms with E-state index in [1.807, 2.05) is 18.2 Å². The van der Waals surface area contributed by atoms with E-state index >= 15 is 0 Å². The molecule has 1 aromatic carbocycles. The molecule has 4 heteroatoms. The summed E-state index contributed by atoms with van der Waals surface area (Å²) in [7, 11) is 0. The molecule has 1 nitrogen and oxygen atoms in total. The summed E-state index contributed by atoms with van der Waals surface area (Å²) in [5.41, 5.74) is 1.25. The lowest BCUT2D eigenvalue weighted by Crippen LogP contribution is -2.12. The van der Waals surface area contributed by atoms with Gasteiger partial charge in [0.05, 0.1) is 10.4 Å². The van der Waals surface area contributed by atoms with Gasteiger partial charge >= 0.3 is 0 Å². The standard InChI is InChI=1S/C14H15ClOS2/c1-10-3-2-4-12(7-10)17-9-11(16)8-13-5-6-14(15)18-13/h2-7,11,16H,8-9H2,1H3. The normalized spacial score (nSPS) is 12.6. The second-order valence-electron chi connectivity index (χ2n) is 4.19. The van der Waals surface area contributed by atoms with Crippen molar-refractivity contribution < 1.29 is 5.11 Å². The SMILES string of the molecule is Cc1cccc(SCC(O)Cc2ccc(Cl)s2)c1. The van der Waals surface area contributed by atoms with E-state index in [2.05, 4.69) is 25.1 Å². The molecular formula is C14H15ClOS2. The summed E-state index contributed by atoms with van der Waals surface area (Å²) in [5, 5.41) is 9.99. The van der Waals surface area contributed by atoms with E-state index in [-0.39, 0.29) is 6.10 Å². The molecule has 2 aromatic rings. The minimum absolute atomic E-state index is 0.328. The number of rotatable bonds is 5. The third-order valence-electron chi connectivity index (χ3n) is 2.50. The summed E-state index contributed by atoms with van der Waals surface area (Å²) in [6, 6.07) is 12.2. The van der Waals surface area contributed by atoms with E-state index in [0.717, 1.165) is 9.21 Å². The van der Waals surface area contributed by atoms with Crippen LogP contribution >= 0.6 is 34.7 Å². The molecule has 18 heavy (non-hydrogen) atoms. The molecule has 0 spiro atoms. The van der Waals surface area contributed by atoms with Gasteiger partial charge in [-0.2, -0.15) is 0 Å². The van der Waals surface area contributed by atoms with Gasteiger partial charge in [-0.1, -0.05) is 29.3 Å². The van der Waals surface area contributed by atoms with E-state index in [9.17, 15) is 5.11 Å². The van der Waals surface area contributed by atoms with Gasteiger partial charge in [0.1, 0.15) is 0 Å². The Kier molecular flexibility index (Phi) is 5.13. The monoisotopic (exact) mass is 298 g/mol. The van der Waals surface area contributed by atoms with Gasteiger partial charge in [-0.15, -0.1) is 23.1 Å². The van der Waals surface area contributed by atoms with Crippen LogP contribution in [-0.2, 0) is 6.42 Å². The Hall–Kier alpha value is -0.480. The zero-order valence-corrected chi connectivity index (χ0v) is 12.5. The predicted molar refractivity (Wildman–Crippen MR) is 80.9 cm³/mol. The van der Waals surface area contributed by atoms with Gasteiger partial charge in [0.25, 0.3) is 0 Å². The molecule has 2 rings (SSSR count). The predicted octanol–water partition coefficient (Wildman–Crippen LogP) is 4.41. The van der Waals surface area contributed by atoms with Crippen LogP contribution in [0.2, 0.25) is 4.34 Å². The van der Waals surface area contributed by atoms with Crippen molar-refractivity contribution in [3.8, 4) is 0 Å². The van der Waals surface area contributed by atoms with E-state index in [1.54, 1.807) is 11.8 Å². The number of hydrogen-bond donors (Lipinski definition) is 1. The van der Waals surface area contributed by atoms with Crippen LogP contribution in [0.3, 0.4) is 0 Å². The lowest BCUT2D eigenvalue weighted by molar-refractivity contribution is 0.201. The van der Waals surface area contributed by atoms with Crippen LogP contribution in [0, 0.1) is 6.92 Å². The van der Waals surface area contributed by atoms with Crippen LogP contribution in [0.5, 0.6) is 0 Å². The first-order valence-electron chi connectivity index (χ1n) is 5.75. The Labute approximate surface area is 121 Å². The number of aryl methyl sites for hydroxylation is 1. The number of thiophene rings is 1. The molecule has 1 heterocycles. The van der Waals surface area contributed by atoms with Crippen molar-refractivity contribution in [2.45, 2.75) is 24.3 Å². The second-order valence-corrected chi connectivity index (χ2v) is 7.08. The molecule has 1 atom stereocenters. The van der Waals surface area contributed by atoms with Gasteiger partial charge in [0.15, 0.2) is 0 Å². The Morgan fingerprint density at radius 3 is 2.83 bits per heavy atom. The number of thioether (sulfide) groups is 1. The highest BCUT2D eigenvalue weighted by Crippen LogP contribution is 2.25. The van der Waals surface area contributed by atoms with Crippen molar-refractivity contribution in [1.29, 1.82) is 0 Å². The number of aliphatic hydroxyl groups excluding tert-OH is 1. The molecule has 0 aliphatic carbocycles. The molecular weight excluding hydrogens is 284 g/mol. The smallest absolute Gasteiger partial charge is 0.0931 e. The fraction of sp³-hybridized carbons (Fsp3) is 0.286. The van der Waals surface area contributed by atoms with Crippen LogP contribution < -0.4 is 0 Å². The molecule has 0 saturated heterocycles. The highest BCUT2D eigenvalue weighted by atomic mass is 35.5. The first-order valence-corrected chi connectivity index (χ1v) is 7.93. The molecule has 0 aliphatic heterocycles. The third kappa shape index (κ3) is 4.32. The topological polar surface area (TPSA) is 20.2 Å². The van der Waals surface area contributed by atoms with Crippen molar-refractivity contribution in [2.24, 2.45) is 0 Å². The van der Waals surface area contributed by atoms with Gasteiger partial charge in [0.2, 0.25) is 0 Å². The molecule has 96 valence electrons. The number of hydrogen-bond acceptors (Lipinski definition) is 3. The minimum atomic E-state index is -0.328. The Bertz CT molecular complexity index is 510. The Morgan fingerprint density at radius 1 is 1.33 bits per heavy atom. The minimum Gasteiger partial charge on any atom is -0.392 e. The summed E-state index contributed by atoms with van der Waals surface area (Å²) < 4.78 is 0.781. The van der Waals surface area contributed by atoms with Gasteiger partial charge in [-0.25, -0.2) is 0 Å². The van der Waals surface area contributed by atoms with Crippen molar-refractivity contribution in [2.75, 3.05) is 5.75 Å². The molecule has 0 saturated carbocycles. The summed E-state index contributed by atoms with van der Waals surface area (Å²) >= 11 is 9.09. The average molecular weight is 299 g/mol. The fourth-order valence-electron chi connectivity index (χ4n) is 1.65. The summed E-state index contributed by atoms with van der Waals surface area (Å²) in [6.45, 7) is 2.08.